The van der Waals surface area contributed by atoms with E-state index in [2.05, 4.69) is 34.9 Å². The smallest absolute Gasteiger partial charge is 0.220 e. The lowest BCUT2D eigenvalue weighted by Crippen LogP contribution is -2.29. The van der Waals surface area contributed by atoms with Gasteiger partial charge in [0.15, 0.2) is 0 Å². The van der Waals surface area contributed by atoms with Crippen LogP contribution in [0.2, 0.25) is 0 Å². The first-order valence-corrected chi connectivity index (χ1v) is 8.89. The predicted octanol–water partition coefficient (Wildman–Crippen LogP) is 3.53. The molecule has 0 spiro atoms. The Morgan fingerprint density at radius 2 is 2.14 bits per heavy atom. The number of nitrogens with one attached hydrogen (secondary N) is 2. The molecule has 22 heavy (non-hydrogen) atoms. The number of hydrogen-bond acceptors (Lipinski definition) is 2. The fourth-order valence-corrected chi connectivity index (χ4v) is 4.94. The molecule has 0 aromatic heterocycles. The topological polar surface area (TPSA) is 41.1 Å². The number of para-hydroxylation sites is 1. The van der Waals surface area contributed by atoms with Gasteiger partial charge >= 0.3 is 0 Å². The lowest BCUT2D eigenvalue weighted by molar-refractivity contribution is -0.122. The Kier molecular flexibility index (Phi) is 3.81. The van der Waals surface area contributed by atoms with Crippen LogP contribution in [0, 0.1) is 17.8 Å². The molecular weight excluding hydrogens is 272 g/mol. The van der Waals surface area contributed by atoms with Crippen LogP contribution in [0.5, 0.6) is 0 Å². The highest BCUT2D eigenvalue weighted by atomic mass is 16.1. The van der Waals surface area contributed by atoms with Gasteiger partial charge in [0, 0.05) is 31.1 Å². The summed E-state index contributed by atoms with van der Waals surface area (Å²) < 4.78 is 0. The third-order valence-electron chi connectivity index (χ3n) is 6.09. The zero-order valence-corrected chi connectivity index (χ0v) is 13.2. The highest BCUT2D eigenvalue weighted by molar-refractivity contribution is 5.76. The Morgan fingerprint density at radius 1 is 1.23 bits per heavy atom. The van der Waals surface area contributed by atoms with Crippen LogP contribution in [0.15, 0.2) is 24.3 Å². The summed E-state index contributed by atoms with van der Waals surface area (Å²) in [5.41, 5.74) is 2.67. The number of hydrogen-bond donors (Lipinski definition) is 2. The normalized spacial score (nSPS) is 31.8. The average molecular weight is 298 g/mol. The first-order chi connectivity index (χ1) is 10.8. The summed E-state index contributed by atoms with van der Waals surface area (Å²) in [6.07, 6.45) is 7.28. The van der Waals surface area contributed by atoms with E-state index in [9.17, 15) is 4.79 Å². The SMILES string of the molecule is O=C(CC1CC2CCC1C2)NCCC1CNc2ccccc21. The van der Waals surface area contributed by atoms with E-state index < -0.39 is 0 Å². The van der Waals surface area contributed by atoms with Gasteiger partial charge in [-0.05, 0) is 55.1 Å². The van der Waals surface area contributed by atoms with E-state index >= 15 is 0 Å². The second-order valence-electron chi connectivity index (χ2n) is 7.44. The molecule has 1 aromatic rings. The van der Waals surface area contributed by atoms with Crippen LogP contribution < -0.4 is 10.6 Å². The van der Waals surface area contributed by atoms with E-state index in [-0.39, 0.29) is 5.91 Å². The highest BCUT2D eigenvalue weighted by Gasteiger charge is 2.40. The maximum absolute atomic E-state index is 12.2. The highest BCUT2D eigenvalue weighted by Crippen LogP contribution is 2.49. The Morgan fingerprint density at radius 3 is 2.95 bits per heavy atom. The maximum Gasteiger partial charge on any atom is 0.220 e. The van der Waals surface area contributed by atoms with Crippen molar-refractivity contribution < 1.29 is 4.79 Å². The summed E-state index contributed by atoms with van der Waals surface area (Å²) in [5.74, 6) is 3.27. The van der Waals surface area contributed by atoms with Gasteiger partial charge in [0.25, 0.3) is 0 Å². The number of anilines is 1. The van der Waals surface area contributed by atoms with Crippen molar-refractivity contribution in [2.75, 3.05) is 18.4 Å². The van der Waals surface area contributed by atoms with Crippen LogP contribution in [-0.4, -0.2) is 19.0 Å². The molecule has 4 atom stereocenters. The summed E-state index contributed by atoms with van der Waals surface area (Å²) in [4.78, 5) is 12.2. The van der Waals surface area contributed by atoms with Gasteiger partial charge in [-0.25, -0.2) is 0 Å². The molecule has 0 saturated heterocycles. The van der Waals surface area contributed by atoms with Crippen LogP contribution >= 0.6 is 0 Å². The lowest BCUT2D eigenvalue weighted by atomic mass is 9.86. The third kappa shape index (κ3) is 2.73. The Balaban J connectivity index is 1.22. The number of fused-ring (bicyclic) bond motifs is 3. The van der Waals surface area contributed by atoms with Gasteiger partial charge in [0.1, 0.15) is 0 Å². The molecule has 1 aromatic carbocycles. The third-order valence-corrected chi connectivity index (χ3v) is 6.09. The second-order valence-corrected chi connectivity index (χ2v) is 7.44. The van der Waals surface area contributed by atoms with Gasteiger partial charge in [-0.1, -0.05) is 24.6 Å². The van der Waals surface area contributed by atoms with Crippen molar-refractivity contribution in [2.24, 2.45) is 17.8 Å². The van der Waals surface area contributed by atoms with Crippen LogP contribution in [0.25, 0.3) is 0 Å². The van der Waals surface area contributed by atoms with Crippen molar-refractivity contribution >= 4 is 11.6 Å². The van der Waals surface area contributed by atoms with Crippen LogP contribution in [0.1, 0.15) is 50.0 Å². The Hall–Kier alpha value is -1.51. The summed E-state index contributed by atoms with van der Waals surface area (Å²) >= 11 is 0. The maximum atomic E-state index is 12.2. The summed E-state index contributed by atoms with van der Waals surface area (Å²) in [5, 5.41) is 6.61. The van der Waals surface area contributed by atoms with Gasteiger partial charge in [-0.2, -0.15) is 0 Å². The molecule has 0 radical (unpaired) electrons. The first kappa shape index (κ1) is 14.1. The van der Waals surface area contributed by atoms with E-state index in [1.807, 2.05) is 0 Å². The number of carbonyl (C=O) groups excluding carboxylic acids is 1. The van der Waals surface area contributed by atoms with Crippen molar-refractivity contribution in [3.05, 3.63) is 29.8 Å². The van der Waals surface area contributed by atoms with Crippen LogP contribution in [-0.2, 0) is 4.79 Å². The molecule has 2 saturated carbocycles. The quantitative estimate of drug-likeness (QED) is 0.873. The number of carbonyl (C=O) groups is 1. The Bertz CT molecular complexity index is 556. The van der Waals surface area contributed by atoms with Crippen molar-refractivity contribution in [3.63, 3.8) is 0 Å². The molecule has 2 fully saturated rings. The number of benzene rings is 1. The van der Waals surface area contributed by atoms with Crippen molar-refractivity contribution in [3.8, 4) is 0 Å². The summed E-state index contributed by atoms with van der Waals surface area (Å²) in [7, 11) is 0. The minimum Gasteiger partial charge on any atom is -0.384 e. The first-order valence-electron chi connectivity index (χ1n) is 8.89. The van der Waals surface area contributed by atoms with E-state index in [0.717, 1.165) is 37.8 Å². The molecular formula is C19H26N2O. The zero-order valence-electron chi connectivity index (χ0n) is 13.2. The molecule has 2 bridgehead atoms. The summed E-state index contributed by atoms with van der Waals surface area (Å²) in [6.45, 7) is 1.81. The van der Waals surface area contributed by atoms with Crippen LogP contribution in [0.4, 0.5) is 5.69 Å². The second kappa shape index (κ2) is 5.94. The Labute approximate surface area is 132 Å². The number of rotatable bonds is 5. The predicted molar refractivity (Wildman–Crippen MR) is 88.9 cm³/mol. The number of amides is 1. The fraction of sp³-hybridized carbons (Fsp3) is 0.632. The minimum absolute atomic E-state index is 0.275. The molecule has 2 aliphatic carbocycles. The monoisotopic (exact) mass is 298 g/mol. The van der Waals surface area contributed by atoms with Gasteiger partial charge in [-0.3, -0.25) is 4.79 Å². The lowest BCUT2D eigenvalue weighted by Gasteiger charge is -2.21. The molecule has 3 aliphatic rings. The van der Waals surface area contributed by atoms with E-state index in [1.54, 1.807) is 0 Å². The molecule has 3 heteroatoms. The molecule has 1 heterocycles. The van der Waals surface area contributed by atoms with E-state index in [1.165, 1.54) is 36.9 Å². The standard InChI is InChI=1S/C19H26N2O/c22-19(11-16-10-13-5-6-14(16)9-13)20-8-7-15-12-21-18-4-2-1-3-17(15)18/h1-4,13-16,21H,5-12H2,(H,20,22). The fourth-order valence-electron chi connectivity index (χ4n) is 4.94. The molecule has 4 unspecified atom stereocenters. The van der Waals surface area contributed by atoms with Crippen molar-refractivity contribution in [1.29, 1.82) is 0 Å². The van der Waals surface area contributed by atoms with E-state index in [0.29, 0.717) is 11.8 Å². The summed E-state index contributed by atoms with van der Waals surface area (Å²) in [6, 6.07) is 8.53. The van der Waals surface area contributed by atoms with Gasteiger partial charge in [0.05, 0.1) is 0 Å². The molecule has 3 nitrogen and oxygen atoms in total. The molecule has 1 amide bonds. The zero-order chi connectivity index (χ0) is 14.9. The molecule has 1 aliphatic heterocycles. The molecule has 4 rings (SSSR count). The van der Waals surface area contributed by atoms with Crippen LogP contribution in [0.3, 0.4) is 0 Å². The molecule has 118 valence electrons. The van der Waals surface area contributed by atoms with Crippen molar-refractivity contribution in [1.82, 2.24) is 5.32 Å². The van der Waals surface area contributed by atoms with Gasteiger partial charge in [-0.15, -0.1) is 0 Å². The largest absolute Gasteiger partial charge is 0.384 e. The minimum atomic E-state index is 0.275. The van der Waals surface area contributed by atoms with Gasteiger partial charge < -0.3 is 10.6 Å². The van der Waals surface area contributed by atoms with E-state index in [4.69, 9.17) is 0 Å². The van der Waals surface area contributed by atoms with Gasteiger partial charge in [0.2, 0.25) is 5.91 Å². The average Bonchev–Trinajstić information content (AvgIpc) is 3.23. The van der Waals surface area contributed by atoms with Crippen molar-refractivity contribution in [2.45, 2.75) is 44.4 Å². The molecule has 2 N–H and O–H groups in total.